The van der Waals surface area contributed by atoms with Crippen molar-refractivity contribution in [2.24, 2.45) is 5.92 Å². The van der Waals surface area contributed by atoms with E-state index >= 15 is 0 Å². The van der Waals surface area contributed by atoms with Crippen LogP contribution < -0.4 is 0 Å². The minimum absolute atomic E-state index is 1.02. The maximum absolute atomic E-state index is 12.5. The highest BCUT2D eigenvalue weighted by Gasteiger charge is 2.79. The normalized spacial score (nSPS) is 40.2. The van der Waals surface area contributed by atoms with Crippen molar-refractivity contribution in [1.82, 2.24) is 0 Å². The second-order valence-corrected chi connectivity index (χ2v) is 3.38. The van der Waals surface area contributed by atoms with E-state index in [-0.39, 0.29) is 0 Å². The molecule has 1 nitrogen and oxygen atoms in total. The van der Waals surface area contributed by atoms with Crippen LogP contribution in [-0.2, 0) is 0 Å². The van der Waals surface area contributed by atoms with Gasteiger partial charge in [-0.1, -0.05) is 0 Å². The number of hydrogen-bond acceptors (Lipinski definition) is 1. The molecule has 1 fully saturated rings. The van der Waals surface area contributed by atoms with Crippen molar-refractivity contribution in [3.05, 3.63) is 0 Å². The van der Waals surface area contributed by atoms with Gasteiger partial charge in [-0.2, -0.15) is 17.6 Å². The molecule has 0 amide bonds. The van der Waals surface area contributed by atoms with E-state index in [0.29, 0.717) is 0 Å². The van der Waals surface area contributed by atoms with Crippen molar-refractivity contribution in [2.75, 3.05) is 0 Å². The van der Waals surface area contributed by atoms with Crippen LogP contribution >= 0.6 is 11.6 Å². The van der Waals surface area contributed by atoms with Crippen molar-refractivity contribution in [1.29, 1.82) is 0 Å². The molecule has 1 rings (SSSR count). The highest BCUT2D eigenvalue weighted by molar-refractivity contribution is 6.22. The Morgan fingerprint density at radius 3 is 1.83 bits per heavy atom. The number of aliphatic hydroxyl groups excluding tert-OH is 1. The van der Waals surface area contributed by atoms with Gasteiger partial charge in [-0.05, 0) is 6.92 Å². The minimum atomic E-state index is -4.20. The molecule has 3 atom stereocenters. The molecular weight excluding hydrogens is 200 g/mol. The Balaban J connectivity index is 2.85. The van der Waals surface area contributed by atoms with Gasteiger partial charge >= 0.3 is 11.8 Å². The summed E-state index contributed by atoms with van der Waals surface area (Å²) < 4.78 is 49.6. The predicted molar refractivity (Wildman–Crippen MR) is 34.7 cm³/mol. The second kappa shape index (κ2) is 2.48. The molecule has 1 aliphatic carbocycles. The molecule has 0 aromatic carbocycles. The Labute approximate surface area is 71.3 Å². The fourth-order valence-electron chi connectivity index (χ4n) is 1.27. The van der Waals surface area contributed by atoms with E-state index in [2.05, 4.69) is 0 Å². The molecule has 1 saturated carbocycles. The predicted octanol–water partition coefficient (Wildman–Crippen LogP) is 1.88. The average molecular weight is 207 g/mol. The van der Waals surface area contributed by atoms with Crippen LogP contribution in [0.5, 0.6) is 0 Å². The monoisotopic (exact) mass is 206 g/mol. The van der Waals surface area contributed by atoms with E-state index in [9.17, 15) is 17.6 Å². The highest BCUT2D eigenvalue weighted by atomic mass is 35.5. The molecule has 0 heterocycles. The van der Waals surface area contributed by atoms with Gasteiger partial charge in [0.05, 0.1) is 12.0 Å². The zero-order valence-corrected chi connectivity index (χ0v) is 6.83. The van der Waals surface area contributed by atoms with E-state index < -0.39 is 29.2 Å². The van der Waals surface area contributed by atoms with Crippen molar-refractivity contribution in [3.8, 4) is 0 Å². The van der Waals surface area contributed by atoms with Crippen LogP contribution in [-0.4, -0.2) is 28.4 Å². The summed E-state index contributed by atoms with van der Waals surface area (Å²) in [5, 5.41) is 6.73. The van der Waals surface area contributed by atoms with Crippen LogP contribution in [0.2, 0.25) is 0 Å². The first-order chi connectivity index (χ1) is 5.23. The van der Waals surface area contributed by atoms with Crippen molar-refractivity contribution in [3.63, 3.8) is 0 Å². The zero-order valence-electron chi connectivity index (χ0n) is 6.07. The molecule has 0 bridgehead atoms. The van der Waals surface area contributed by atoms with Crippen LogP contribution in [0.3, 0.4) is 0 Å². The van der Waals surface area contributed by atoms with E-state index in [1.165, 1.54) is 0 Å². The summed E-state index contributed by atoms with van der Waals surface area (Å²) in [7, 11) is 0. The summed E-state index contributed by atoms with van der Waals surface area (Å²) >= 11 is 5.00. The molecular formula is C6H7ClF4O. The van der Waals surface area contributed by atoms with Gasteiger partial charge in [0.25, 0.3) is 0 Å². The van der Waals surface area contributed by atoms with Crippen molar-refractivity contribution < 1.29 is 22.7 Å². The second-order valence-electron chi connectivity index (χ2n) is 2.91. The summed E-state index contributed by atoms with van der Waals surface area (Å²) in [6.45, 7) is 1.02. The van der Waals surface area contributed by atoms with Crippen LogP contribution in [0, 0.1) is 5.92 Å². The van der Waals surface area contributed by atoms with Gasteiger partial charge in [-0.15, -0.1) is 11.6 Å². The third-order valence-corrected chi connectivity index (χ3v) is 2.59. The number of alkyl halides is 5. The highest BCUT2D eigenvalue weighted by Crippen LogP contribution is 2.58. The van der Waals surface area contributed by atoms with Gasteiger partial charge in [0, 0.05) is 0 Å². The lowest BCUT2D eigenvalue weighted by Crippen LogP contribution is -2.70. The Hall–Kier alpha value is -0.0300. The molecule has 0 aromatic heterocycles. The molecule has 0 aliphatic heterocycles. The summed E-state index contributed by atoms with van der Waals surface area (Å²) in [5.41, 5.74) is 0. The van der Waals surface area contributed by atoms with Crippen LogP contribution in [0.4, 0.5) is 17.6 Å². The summed E-state index contributed by atoms with van der Waals surface area (Å²) in [6.07, 6.45) is -1.53. The summed E-state index contributed by atoms with van der Waals surface area (Å²) in [5.74, 6) is -10.2. The Kier molecular flexibility index (Phi) is 2.08. The Bertz CT molecular complexity index is 194. The van der Waals surface area contributed by atoms with Gasteiger partial charge in [0.15, 0.2) is 0 Å². The maximum Gasteiger partial charge on any atom is 0.327 e. The van der Waals surface area contributed by atoms with Crippen LogP contribution in [0.15, 0.2) is 0 Å². The fraction of sp³-hybridized carbons (Fsp3) is 1.00. The lowest BCUT2D eigenvalue weighted by Gasteiger charge is -2.49. The first kappa shape index (κ1) is 10.1. The summed E-state index contributed by atoms with van der Waals surface area (Å²) in [6, 6.07) is 0. The molecule has 0 aromatic rings. The lowest BCUT2D eigenvalue weighted by atomic mass is 9.73. The lowest BCUT2D eigenvalue weighted by molar-refractivity contribution is -0.323. The quantitative estimate of drug-likeness (QED) is 0.513. The van der Waals surface area contributed by atoms with E-state index in [4.69, 9.17) is 16.7 Å². The third kappa shape index (κ3) is 0.956. The number of hydrogen-bond donors (Lipinski definition) is 1. The fourth-order valence-corrected chi connectivity index (χ4v) is 1.78. The van der Waals surface area contributed by atoms with E-state index in [0.717, 1.165) is 6.92 Å². The summed E-state index contributed by atoms with van der Waals surface area (Å²) in [4.78, 5) is 0. The molecule has 1 aliphatic rings. The van der Waals surface area contributed by atoms with Crippen LogP contribution in [0.25, 0.3) is 0 Å². The first-order valence-electron chi connectivity index (χ1n) is 3.30. The van der Waals surface area contributed by atoms with E-state index in [1.807, 2.05) is 0 Å². The molecule has 72 valence electrons. The molecule has 12 heavy (non-hydrogen) atoms. The van der Waals surface area contributed by atoms with Gasteiger partial charge < -0.3 is 5.11 Å². The maximum atomic E-state index is 12.5. The largest absolute Gasteiger partial charge is 0.393 e. The van der Waals surface area contributed by atoms with Gasteiger partial charge in [0.1, 0.15) is 5.38 Å². The number of rotatable bonds is 1. The zero-order chi connectivity index (χ0) is 9.73. The topological polar surface area (TPSA) is 20.2 Å². The van der Waals surface area contributed by atoms with Crippen molar-refractivity contribution >= 4 is 11.6 Å². The number of halogens is 5. The van der Waals surface area contributed by atoms with E-state index in [1.54, 1.807) is 0 Å². The number of aliphatic hydroxyl groups is 1. The average Bonchev–Trinajstić information content (AvgIpc) is 1.85. The van der Waals surface area contributed by atoms with Gasteiger partial charge in [-0.3, -0.25) is 0 Å². The third-order valence-electron chi connectivity index (χ3n) is 2.04. The molecule has 0 spiro atoms. The van der Waals surface area contributed by atoms with Gasteiger partial charge in [0.2, 0.25) is 0 Å². The van der Waals surface area contributed by atoms with Crippen molar-refractivity contribution in [2.45, 2.75) is 30.2 Å². The smallest absolute Gasteiger partial charge is 0.327 e. The van der Waals surface area contributed by atoms with Gasteiger partial charge in [-0.25, -0.2) is 0 Å². The molecule has 3 unspecified atom stereocenters. The SMILES string of the molecule is CC(O)C1C(Cl)C(F)(F)C1(F)F. The minimum Gasteiger partial charge on any atom is -0.393 e. The molecule has 6 heteroatoms. The molecule has 0 radical (unpaired) electrons. The Morgan fingerprint density at radius 2 is 1.67 bits per heavy atom. The molecule has 1 N–H and O–H groups in total. The Morgan fingerprint density at radius 1 is 1.25 bits per heavy atom. The first-order valence-corrected chi connectivity index (χ1v) is 3.74. The van der Waals surface area contributed by atoms with Crippen LogP contribution in [0.1, 0.15) is 6.92 Å². The molecule has 0 saturated heterocycles. The standard InChI is InChI=1S/C6H7ClF4O/c1-2(12)3-4(7)6(10,11)5(3,8)9/h2-4,12H,1H3.